The molecule has 1 aromatic rings. The van der Waals surface area contributed by atoms with Crippen molar-refractivity contribution in [2.75, 3.05) is 4.90 Å². The Morgan fingerprint density at radius 1 is 1.53 bits per heavy atom. The summed E-state index contributed by atoms with van der Waals surface area (Å²) < 4.78 is 0.808. The Kier molecular flexibility index (Phi) is 2.42. The zero-order chi connectivity index (χ0) is 11.2. The molecule has 2 amide bonds. The van der Waals surface area contributed by atoms with Gasteiger partial charge >= 0.3 is 0 Å². The van der Waals surface area contributed by atoms with E-state index >= 15 is 0 Å². The maximum Gasteiger partial charge on any atom is 0.241 e. The molecule has 6 heteroatoms. The van der Waals surface area contributed by atoms with Crippen molar-refractivity contribution < 1.29 is 9.59 Å². The number of imide groups is 1. The Hall–Kier alpha value is -0.750. The standard InChI is InChI=1S/C9H9BrN2O2S/c1-9(2)3-6(13)12(7(9)14)8-11-4-5(10)15-8/h4H,3H2,1-2H3. The zero-order valence-corrected chi connectivity index (χ0v) is 10.7. The van der Waals surface area contributed by atoms with Crippen LogP contribution in [0.2, 0.25) is 0 Å². The number of amides is 2. The van der Waals surface area contributed by atoms with E-state index in [0.29, 0.717) is 5.13 Å². The van der Waals surface area contributed by atoms with Crippen LogP contribution in [0, 0.1) is 5.41 Å². The SMILES string of the molecule is CC1(C)CC(=O)N(c2ncc(Br)s2)C1=O. The molecule has 2 rings (SSSR count). The highest BCUT2D eigenvalue weighted by Gasteiger charge is 2.46. The summed E-state index contributed by atoms with van der Waals surface area (Å²) >= 11 is 4.54. The van der Waals surface area contributed by atoms with Gasteiger partial charge in [-0.15, -0.1) is 0 Å². The van der Waals surface area contributed by atoms with E-state index in [9.17, 15) is 9.59 Å². The Morgan fingerprint density at radius 2 is 2.20 bits per heavy atom. The van der Waals surface area contributed by atoms with E-state index in [1.165, 1.54) is 16.2 Å². The minimum absolute atomic E-state index is 0.172. The van der Waals surface area contributed by atoms with Gasteiger partial charge in [0.1, 0.15) is 0 Å². The third-order valence-corrected chi connectivity index (χ3v) is 3.74. The lowest BCUT2D eigenvalue weighted by atomic mass is 9.92. The Labute approximate surface area is 99.4 Å². The van der Waals surface area contributed by atoms with E-state index in [0.717, 1.165) is 3.79 Å². The van der Waals surface area contributed by atoms with Crippen molar-refractivity contribution in [3.63, 3.8) is 0 Å². The quantitative estimate of drug-likeness (QED) is 0.745. The monoisotopic (exact) mass is 288 g/mol. The van der Waals surface area contributed by atoms with Gasteiger partial charge in [-0.3, -0.25) is 9.59 Å². The highest BCUT2D eigenvalue weighted by atomic mass is 79.9. The smallest absolute Gasteiger partial charge is 0.241 e. The van der Waals surface area contributed by atoms with Gasteiger partial charge in [-0.25, -0.2) is 9.88 Å². The molecule has 0 saturated carbocycles. The maximum atomic E-state index is 11.9. The number of aromatic nitrogens is 1. The largest absolute Gasteiger partial charge is 0.274 e. The molecule has 1 aromatic heterocycles. The molecule has 1 fully saturated rings. The summed E-state index contributed by atoms with van der Waals surface area (Å²) in [6.45, 7) is 3.55. The lowest BCUT2D eigenvalue weighted by molar-refractivity contribution is -0.124. The summed E-state index contributed by atoms with van der Waals surface area (Å²) in [5.41, 5.74) is -0.602. The van der Waals surface area contributed by atoms with Gasteiger partial charge in [-0.2, -0.15) is 0 Å². The summed E-state index contributed by atoms with van der Waals surface area (Å²) in [4.78, 5) is 28.8. The van der Waals surface area contributed by atoms with Crippen LogP contribution in [0.1, 0.15) is 20.3 Å². The second-order valence-electron chi connectivity index (χ2n) is 4.04. The number of halogens is 1. The summed E-state index contributed by atoms with van der Waals surface area (Å²) in [6.07, 6.45) is 1.84. The van der Waals surface area contributed by atoms with Gasteiger partial charge in [0, 0.05) is 6.42 Å². The van der Waals surface area contributed by atoms with Crippen LogP contribution in [-0.4, -0.2) is 16.8 Å². The molecule has 0 N–H and O–H groups in total. The first-order valence-corrected chi connectivity index (χ1v) is 6.01. The molecule has 0 spiro atoms. The second kappa shape index (κ2) is 3.38. The first kappa shape index (κ1) is 10.8. The van der Waals surface area contributed by atoms with E-state index in [2.05, 4.69) is 20.9 Å². The maximum absolute atomic E-state index is 11.9. The van der Waals surface area contributed by atoms with Crippen molar-refractivity contribution >= 4 is 44.2 Å². The van der Waals surface area contributed by atoms with Crippen molar-refractivity contribution in [3.8, 4) is 0 Å². The molecule has 1 saturated heterocycles. The Balaban J connectivity index is 2.39. The normalized spacial score (nSPS) is 20.1. The van der Waals surface area contributed by atoms with Crippen LogP contribution < -0.4 is 4.90 Å². The molecule has 15 heavy (non-hydrogen) atoms. The highest BCUT2D eigenvalue weighted by Crippen LogP contribution is 2.37. The molecule has 0 bridgehead atoms. The van der Waals surface area contributed by atoms with Crippen LogP contribution in [0.25, 0.3) is 0 Å². The predicted molar refractivity (Wildman–Crippen MR) is 60.7 cm³/mol. The minimum atomic E-state index is -0.602. The van der Waals surface area contributed by atoms with Gasteiger partial charge in [0.05, 0.1) is 15.4 Å². The number of nitrogens with zero attached hydrogens (tertiary/aromatic N) is 2. The molecule has 4 nitrogen and oxygen atoms in total. The lowest BCUT2D eigenvalue weighted by Gasteiger charge is -2.14. The summed E-state index contributed by atoms with van der Waals surface area (Å²) in [5.74, 6) is -0.346. The van der Waals surface area contributed by atoms with Crippen LogP contribution in [0.5, 0.6) is 0 Å². The van der Waals surface area contributed by atoms with Crippen molar-refractivity contribution in [1.82, 2.24) is 4.98 Å². The van der Waals surface area contributed by atoms with Gasteiger partial charge in [0.25, 0.3) is 0 Å². The summed E-state index contributed by atoms with van der Waals surface area (Å²) in [5, 5.41) is 0.447. The fourth-order valence-electron chi connectivity index (χ4n) is 1.49. The number of carbonyl (C=O) groups is 2. The third kappa shape index (κ3) is 1.72. The van der Waals surface area contributed by atoms with E-state index in [1.54, 1.807) is 20.0 Å². The number of thiazole rings is 1. The second-order valence-corrected chi connectivity index (χ2v) is 6.43. The number of rotatable bonds is 1. The molecule has 1 aliphatic rings. The van der Waals surface area contributed by atoms with Gasteiger partial charge < -0.3 is 0 Å². The Bertz CT molecular complexity index is 441. The van der Waals surface area contributed by atoms with Crippen LogP contribution in [-0.2, 0) is 9.59 Å². The van der Waals surface area contributed by atoms with Crippen molar-refractivity contribution in [1.29, 1.82) is 0 Å². The molecular weight excluding hydrogens is 280 g/mol. The molecule has 0 unspecified atom stereocenters. The van der Waals surface area contributed by atoms with Crippen LogP contribution >= 0.6 is 27.3 Å². The van der Waals surface area contributed by atoms with Crippen LogP contribution in [0.15, 0.2) is 9.98 Å². The van der Waals surface area contributed by atoms with E-state index in [1.807, 2.05) is 0 Å². The molecule has 1 aliphatic heterocycles. The molecule has 2 heterocycles. The first-order chi connectivity index (χ1) is 6.92. The van der Waals surface area contributed by atoms with Crippen molar-refractivity contribution in [2.24, 2.45) is 5.41 Å². The molecule has 0 aliphatic carbocycles. The third-order valence-electron chi connectivity index (χ3n) is 2.28. The molecule has 0 atom stereocenters. The summed E-state index contributed by atoms with van der Waals surface area (Å²) in [6, 6.07) is 0. The van der Waals surface area contributed by atoms with Crippen LogP contribution in [0.4, 0.5) is 5.13 Å². The van der Waals surface area contributed by atoms with Crippen LogP contribution in [0.3, 0.4) is 0 Å². The van der Waals surface area contributed by atoms with Gasteiger partial charge in [-0.05, 0) is 15.9 Å². The Morgan fingerprint density at radius 3 is 2.60 bits per heavy atom. The number of hydrogen-bond acceptors (Lipinski definition) is 4. The molecule has 0 aromatic carbocycles. The number of hydrogen-bond donors (Lipinski definition) is 0. The molecule has 80 valence electrons. The fraction of sp³-hybridized carbons (Fsp3) is 0.444. The first-order valence-electron chi connectivity index (χ1n) is 4.40. The summed E-state index contributed by atoms with van der Waals surface area (Å²) in [7, 11) is 0. The minimum Gasteiger partial charge on any atom is -0.274 e. The van der Waals surface area contributed by atoms with Crippen molar-refractivity contribution in [2.45, 2.75) is 20.3 Å². The zero-order valence-electron chi connectivity index (χ0n) is 8.28. The lowest BCUT2D eigenvalue weighted by Crippen LogP contribution is -2.32. The van der Waals surface area contributed by atoms with E-state index in [4.69, 9.17) is 0 Å². The number of anilines is 1. The van der Waals surface area contributed by atoms with E-state index < -0.39 is 5.41 Å². The molecule has 0 radical (unpaired) electrons. The molecular formula is C9H9BrN2O2S. The van der Waals surface area contributed by atoms with Gasteiger partial charge in [0.2, 0.25) is 11.8 Å². The van der Waals surface area contributed by atoms with Gasteiger partial charge in [0.15, 0.2) is 5.13 Å². The number of carbonyl (C=O) groups excluding carboxylic acids is 2. The van der Waals surface area contributed by atoms with Crippen molar-refractivity contribution in [3.05, 3.63) is 9.98 Å². The van der Waals surface area contributed by atoms with Gasteiger partial charge in [-0.1, -0.05) is 25.2 Å². The fourth-order valence-corrected chi connectivity index (χ4v) is 2.69. The predicted octanol–water partition coefficient (Wildman–Crippen LogP) is 2.20. The topological polar surface area (TPSA) is 50.3 Å². The highest BCUT2D eigenvalue weighted by molar-refractivity contribution is 9.11. The van der Waals surface area contributed by atoms with E-state index in [-0.39, 0.29) is 18.2 Å². The average molecular weight is 289 g/mol. The average Bonchev–Trinajstić information content (AvgIpc) is 2.57.